The van der Waals surface area contributed by atoms with Crippen molar-refractivity contribution in [2.75, 3.05) is 13.2 Å². The quantitative estimate of drug-likeness (QED) is 0.514. The summed E-state index contributed by atoms with van der Waals surface area (Å²) in [4.78, 5) is 0. The molecular formula is C7H13NO. The van der Waals surface area contributed by atoms with E-state index in [1.165, 1.54) is 12.8 Å². The van der Waals surface area contributed by atoms with Crippen LogP contribution in [-0.4, -0.2) is 19.3 Å². The highest BCUT2D eigenvalue weighted by Gasteiger charge is 2.49. The van der Waals surface area contributed by atoms with E-state index in [9.17, 15) is 0 Å². The smallest absolute Gasteiger partial charge is 0.0537 e. The van der Waals surface area contributed by atoms with Crippen LogP contribution in [-0.2, 0) is 4.74 Å². The molecule has 0 aromatic rings. The Morgan fingerprint density at radius 1 is 1.44 bits per heavy atom. The maximum Gasteiger partial charge on any atom is 0.0537 e. The highest BCUT2D eigenvalue weighted by Crippen LogP contribution is 2.50. The number of rotatable bonds is 0. The summed E-state index contributed by atoms with van der Waals surface area (Å²) in [6, 6.07) is 0.436. The van der Waals surface area contributed by atoms with Crippen molar-refractivity contribution in [3.05, 3.63) is 0 Å². The minimum Gasteiger partial charge on any atom is -0.381 e. The van der Waals surface area contributed by atoms with Crippen molar-refractivity contribution in [1.29, 1.82) is 0 Å². The fourth-order valence-electron chi connectivity index (χ4n) is 1.57. The molecule has 1 saturated heterocycles. The van der Waals surface area contributed by atoms with Gasteiger partial charge in [-0.05, 0) is 19.3 Å². The van der Waals surface area contributed by atoms with E-state index in [0.717, 1.165) is 19.6 Å². The van der Waals surface area contributed by atoms with E-state index < -0.39 is 0 Å². The van der Waals surface area contributed by atoms with Gasteiger partial charge in [0.2, 0.25) is 0 Å². The van der Waals surface area contributed by atoms with Gasteiger partial charge in [-0.25, -0.2) is 0 Å². The monoisotopic (exact) mass is 127 g/mol. The fraction of sp³-hybridized carbons (Fsp3) is 1.00. The first-order valence-corrected chi connectivity index (χ1v) is 3.67. The molecule has 1 aliphatic heterocycles. The maximum absolute atomic E-state index is 5.90. The molecule has 9 heavy (non-hydrogen) atoms. The molecule has 1 spiro atoms. The summed E-state index contributed by atoms with van der Waals surface area (Å²) in [5.74, 6) is 0. The molecular weight excluding hydrogens is 114 g/mol. The van der Waals surface area contributed by atoms with Crippen molar-refractivity contribution < 1.29 is 4.74 Å². The Labute approximate surface area is 55.4 Å². The lowest BCUT2D eigenvalue weighted by atomic mass is 9.94. The second kappa shape index (κ2) is 1.70. The second-order valence-corrected chi connectivity index (χ2v) is 3.31. The third-order valence-corrected chi connectivity index (χ3v) is 2.64. The Morgan fingerprint density at radius 2 is 2.22 bits per heavy atom. The van der Waals surface area contributed by atoms with Crippen LogP contribution in [0, 0.1) is 5.41 Å². The Morgan fingerprint density at radius 3 is 2.67 bits per heavy atom. The molecule has 52 valence electrons. The molecule has 0 aromatic heterocycles. The number of hydrogen-bond acceptors (Lipinski definition) is 2. The summed E-state index contributed by atoms with van der Waals surface area (Å²) >= 11 is 0. The van der Waals surface area contributed by atoms with Gasteiger partial charge in [0.25, 0.3) is 0 Å². The van der Waals surface area contributed by atoms with Crippen LogP contribution in [0.4, 0.5) is 0 Å². The van der Waals surface area contributed by atoms with Gasteiger partial charge < -0.3 is 10.5 Å². The lowest BCUT2D eigenvalue weighted by molar-refractivity contribution is 0.0301. The summed E-state index contributed by atoms with van der Waals surface area (Å²) in [7, 11) is 0. The van der Waals surface area contributed by atoms with Gasteiger partial charge in [-0.1, -0.05) is 0 Å². The summed E-state index contributed by atoms with van der Waals surface area (Å²) < 4.78 is 5.34. The van der Waals surface area contributed by atoms with Gasteiger partial charge >= 0.3 is 0 Å². The SMILES string of the molecule is N[C@H]1CCOCC12CC2. The summed E-state index contributed by atoms with van der Waals surface area (Å²) in [6.07, 6.45) is 3.67. The van der Waals surface area contributed by atoms with Crippen LogP contribution >= 0.6 is 0 Å². The molecule has 2 heteroatoms. The predicted molar refractivity (Wildman–Crippen MR) is 35.1 cm³/mol. The molecule has 0 bridgehead atoms. The third kappa shape index (κ3) is 0.775. The van der Waals surface area contributed by atoms with Gasteiger partial charge in [-0.2, -0.15) is 0 Å². The topological polar surface area (TPSA) is 35.2 Å². The van der Waals surface area contributed by atoms with E-state index in [0.29, 0.717) is 11.5 Å². The molecule has 0 aromatic carbocycles. The molecule has 2 nitrogen and oxygen atoms in total. The van der Waals surface area contributed by atoms with Gasteiger partial charge in [0.1, 0.15) is 0 Å². The molecule has 1 heterocycles. The Bertz CT molecular complexity index is 120. The van der Waals surface area contributed by atoms with Crippen LogP contribution in [0.5, 0.6) is 0 Å². The molecule has 0 unspecified atom stereocenters. The molecule has 1 atom stereocenters. The normalized spacial score (nSPS) is 39.0. The second-order valence-electron chi connectivity index (χ2n) is 3.31. The first-order valence-electron chi connectivity index (χ1n) is 3.67. The maximum atomic E-state index is 5.90. The average Bonchev–Trinajstić information content (AvgIpc) is 2.60. The molecule has 2 N–H and O–H groups in total. The molecule has 2 fully saturated rings. The van der Waals surface area contributed by atoms with Crippen LogP contribution in [0.25, 0.3) is 0 Å². The number of hydrogen-bond donors (Lipinski definition) is 1. The van der Waals surface area contributed by atoms with Gasteiger partial charge in [-0.3, -0.25) is 0 Å². The van der Waals surface area contributed by atoms with Gasteiger partial charge in [0.05, 0.1) is 6.61 Å². The Balaban J connectivity index is 2.03. The van der Waals surface area contributed by atoms with Crippen molar-refractivity contribution in [2.45, 2.75) is 25.3 Å². The number of ether oxygens (including phenoxy) is 1. The summed E-state index contributed by atoms with van der Waals surface area (Å²) in [5.41, 5.74) is 6.34. The van der Waals surface area contributed by atoms with Crippen LogP contribution < -0.4 is 5.73 Å². The molecule has 2 rings (SSSR count). The summed E-state index contributed by atoms with van der Waals surface area (Å²) in [5, 5.41) is 0. The van der Waals surface area contributed by atoms with Crippen LogP contribution in [0.2, 0.25) is 0 Å². The molecule has 0 amide bonds. The highest BCUT2D eigenvalue weighted by molar-refractivity contribution is 5.02. The van der Waals surface area contributed by atoms with Gasteiger partial charge in [0, 0.05) is 18.1 Å². The van der Waals surface area contributed by atoms with Crippen molar-refractivity contribution in [3.8, 4) is 0 Å². The Hall–Kier alpha value is -0.0800. The van der Waals surface area contributed by atoms with Crippen molar-refractivity contribution in [3.63, 3.8) is 0 Å². The molecule has 0 radical (unpaired) electrons. The zero-order valence-corrected chi connectivity index (χ0v) is 5.60. The van der Waals surface area contributed by atoms with Gasteiger partial charge in [0.15, 0.2) is 0 Å². The lowest BCUT2D eigenvalue weighted by Crippen LogP contribution is -2.40. The van der Waals surface area contributed by atoms with E-state index in [1.807, 2.05) is 0 Å². The Kier molecular flexibility index (Phi) is 1.08. The van der Waals surface area contributed by atoms with E-state index in [1.54, 1.807) is 0 Å². The molecule has 2 aliphatic rings. The van der Waals surface area contributed by atoms with E-state index in [2.05, 4.69) is 0 Å². The molecule has 1 aliphatic carbocycles. The summed E-state index contributed by atoms with van der Waals surface area (Å²) in [6.45, 7) is 1.80. The zero-order valence-electron chi connectivity index (χ0n) is 5.60. The van der Waals surface area contributed by atoms with Crippen LogP contribution in [0.3, 0.4) is 0 Å². The van der Waals surface area contributed by atoms with E-state index >= 15 is 0 Å². The van der Waals surface area contributed by atoms with Gasteiger partial charge in [-0.15, -0.1) is 0 Å². The first kappa shape index (κ1) is 5.69. The minimum atomic E-state index is 0.436. The van der Waals surface area contributed by atoms with Crippen molar-refractivity contribution in [2.24, 2.45) is 11.1 Å². The largest absolute Gasteiger partial charge is 0.381 e. The van der Waals surface area contributed by atoms with Crippen LogP contribution in [0.15, 0.2) is 0 Å². The third-order valence-electron chi connectivity index (χ3n) is 2.64. The molecule has 1 saturated carbocycles. The highest BCUT2D eigenvalue weighted by atomic mass is 16.5. The van der Waals surface area contributed by atoms with Crippen LogP contribution in [0.1, 0.15) is 19.3 Å². The fourth-order valence-corrected chi connectivity index (χ4v) is 1.57. The first-order chi connectivity index (χ1) is 4.33. The number of nitrogens with two attached hydrogens (primary N) is 1. The minimum absolute atomic E-state index is 0.436. The predicted octanol–water partition coefficient (Wildman–Crippen LogP) is 0.514. The zero-order chi connectivity index (χ0) is 6.32. The standard InChI is InChI=1S/C7H13NO/c8-6-1-4-9-5-7(6)2-3-7/h6H,1-5,8H2/t6-/m0/s1. The average molecular weight is 127 g/mol. The van der Waals surface area contributed by atoms with Crippen molar-refractivity contribution >= 4 is 0 Å². The van der Waals surface area contributed by atoms with Crippen molar-refractivity contribution in [1.82, 2.24) is 0 Å². The van der Waals surface area contributed by atoms with E-state index in [-0.39, 0.29) is 0 Å². The van der Waals surface area contributed by atoms with E-state index in [4.69, 9.17) is 10.5 Å². The lowest BCUT2D eigenvalue weighted by Gasteiger charge is -2.28.